The zero-order valence-electron chi connectivity index (χ0n) is 16.9. The fourth-order valence-electron chi connectivity index (χ4n) is 4.47. The third-order valence-corrected chi connectivity index (χ3v) is 6.03. The van der Waals surface area contributed by atoms with Gasteiger partial charge in [0.25, 0.3) is 0 Å². The smallest absolute Gasteiger partial charge is 0.0885 e. The fourth-order valence-corrected chi connectivity index (χ4v) is 4.47. The van der Waals surface area contributed by atoms with Crippen LogP contribution in [0.4, 0.5) is 0 Å². The van der Waals surface area contributed by atoms with E-state index in [2.05, 4.69) is 75.7 Å². The fraction of sp³-hybridized carbons (Fsp3) is 0.280. The number of hydrogen-bond acceptors (Lipinski definition) is 3. The van der Waals surface area contributed by atoms with Gasteiger partial charge in [0.2, 0.25) is 0 Å². The summed E-state index contributed by atoms with van der Waals surface area (Å²) in [7, 11) is 0. The van der Waals surface area contributed by atoms with Crippen molar-refractivity contribution in [3.8, 4) is 11.3 Å². The van der Waals surface area contributed by atoms with Crippen LogP contribution in [0.25, 0.3) is 22.2 Å². The van der Waals surface area contributed by atoms with Crippen molar-refractivity contribution in [1.82, 2.24) is 20.3 Å². The van der Waals surface area contributed by atoms with Crippen molar-refractivity contribution in [1.29, 1.82) is 0 Å². The number of fused-ring (bicyclic) bond motifs is 3. The molecule has 2 aromatic heterocycles. The lowest BCUT2D eigenvalue weighted by Gasteiger charge is -2.27. The Morgan fingerprint density at radius 1 is 1.07 bits per heavy atom. The molecule has 0 saturated heterocycles. The van der Waals surface area contributed by atoms with Crippen molar-refractivity contribution in [2.45, 2.75) is 45.2 Å². The number of aromatic amines is 1. The first-order chi connectivity index (χ1) is 14.2. The van der Waals surface area contributed by atoms with Gasteiger partial charge in [0.15, 0.2) is 0 Å². The van der Waals surface area contributed by atoms with Crippen LogP contribution in [-0.4, -0.2) is 15.0 Å². The highest BCUT2D eigenvalue weighted by atomic mass is 15.0. The van der Waals surface area contributed by atoms with E-state index in [4.69, 9.17) is 0 Å². The lowest BCUT2D eigenvalue weighted by Crippen LogP contribution is -2.27. The molecule has 0 saturated carbocycles. The largest absolute Gasteiger partial charge is 0.357 e. The van der Waals surface area contributed by atoms with Gasteiger partial charge in [-0.2, -0.15) is 0 Å². The Morgan fingerprint density at radius 3 is 2.72 bits per heavy atom. The predicted molar refractivity (Wildman–Crippen MR) is 118 cm³/mol. The van der Waals surface area contributed by atoms with E-state index in [1.807, 2.05) is 19.3 Å². The summed E-state index contributed by atoms with van der Waals surface area (Å²) in [6, 6.07) is 17.9. The number of hydrogen-bond donors (Lipinski definition) is 2. The highest BCUT2D eigenvalue weighted by molar-refractivity contribution is 5.89. The van der Waals surface area contributed by atoms with Crippen molar-refractivity contribution in [3.63, 3.8) is 0 Å². The highest BCUT2D eigenvalue weighted by Crippen LogP contribution is 2.37. The van der Waals surface area contributed by atoms with Crippen LogP contribution < -0.4 is 5.32 Å². The van der Waals surface area contributed by atoms with E-state index in [-0.39, 0.29) is 0 Å². The second-order valence-corrected chi connectivity index (χ2v) is 8.06. The molecule has 0 spiro atoms. The second kappa shape index (κ2) is 7.45. The van der Waals surface area contributed by atoms with E-state index in [0.29, 0.717) is 12.1 Å². The van der Waals surface area contributed by atoms with E-state index in [1.54, 1.807) is 0 Å². The molecule has 146 valence electrons. The van der Waals surface area contributed by atoms with Gasteiger partial charge < -0.3 is 10.3 Å². The topological polar surface area (TPSA) is 53.6 Å². The summed E-state index contributed by atoms with van der Waals surface area (Å²) in [5.74, 6) is 0. The average Bonchev–Trinajstić information content (AvgIpc) is 3.14. The first-order valence-corrected chi connectivity index (χ1v) is 10.4. The van der Waals surface area contributed by atoms with Crippen molar-refractivity contribution >= 4 is 10.9 Å². The maximum Gasteiger partial charge on any atom is 0.0885 e. The Hall–Kier alpha value is -2.98. The maximum atomic E-state index is 4.55. The number of aromatic nitrogens is 3. The number of rotatable bonds is 4. The van der Waals surface area contributed by atoms with Gasteiger partial charge in [-0.25, -0.2) is 0 Å². The zero-order chi connectivity index (χ0) is 19.8. The van der Waals surface area contributed by atoms with Crippen molar-refractivity contribution < 1.29 is 0 Å². The molecule has 1 aliphatic carbocycles. The minimum absolute atomic E-state index is 0.317. The molecule has 0 amide bonds. The quantitative estimate of drug-likeness (QED) is 0.479. The Bertz CT molecular complexity index is 1130. The van der Waals surface area contributed by atoms with Gasteiger partial charge in [-0.05, 0) is 56.4 Å². The molecule has 4 heteroatoms. The Morgan fingerprint density at radius 2 is 1.93 bits per heavy atom. The summed E-state index contributed by atoms with van der Waals surface area (Å²) in [5.41, 5.74) is 8.33. The van der Waals surface area contributed by atoms with Gasteiger partial charge in [-0.3, -0.25) is 9.97 Å². The number of nitrogens with one attached hydrogen (secondary N) is 2. The maximum absolute atomic E-state index is 4.55. The average molecular weight is 383 g/mol. The normalized spacial score (nSPS) is 17.2. The van der Waals surface area contributed by atoms with Gasteiger partial charge in [-0.1, -0.05) is 36.4 Å². The monoisotopic (exact) mass is 382 g/mol. The molecule has 4 nitrogen and oxygen atoms in total. The number of aryl methyl sites for hydroxylation is 2. The van der Waals surface area contributed by atoms with E-state index < -0.39 is 0 Å². The first-order valence-electron chi connectivity index (χ1n) is 10.4. The summed E-state index contributed by atoms with van der Waals surface area (Å²) >= 11 is 0. The summed E-state index contributed by atoms with van der Waals surface area (Å²) in [6.45, 7) is 4.21. The number of benzene rings is 2. The van der Waals surface area contributed by atoms with Crippen molar-refractivity contribution in [2.75, 3.05) is 0 Å². The first kappa shape index (κ1) is 18.1. The van der Waals surface area contributed by atoms with Gasteiger partial charge in [0, 0.05) is 40.4 Å². The van der Waals surface area contributed by atoms with Crippen LogP contribution in [-0.2, 0) is 6.42 Å². The molecule has 0 aliphatic heterocycles. The van der Waals surface area contributed by atoms with Crippen LogP contribution in [0.3, 0.4) is 0 Å². The van der Waals surface area contributed by atoms with Crippen LogP contribution in [0.15, 0.2) is 60.9 Å². The molecule has 0 fully saturated rings. The zero-order valence-corrected chi connectivity index (χ0v) is 16.9. The minimum Gasteiger partial charge on any atom is -0.357 e. The molecule has 5 rings (SSSR count). The lowest BCUT2D eigenvalue weighted by atomic mass is 9.90. The molecule has 2 N–H and O–H groups in total. The molecular weight excluding hydrogens is 356 g/mol. The summed E-state index contributed by atoms with van der Waals surface area (Å²) in [4.78, 5) is 12.7. The Labute approximate surface area is 171 Å². The summed E-state index contributed by atoms with van der Waals surface area (Å²) < 4.78 is 0. The molecule has 0 unspecified atom stereocenters. The molecular formula is C25H26N4. The predicted octanol–water partition coefficient (Wildman–Crippen LogP) is 5.66. The SMILES string of the molecule is Cc1cnc(-c2ccc3[nH]c4c(c3c2)CCC[C@H]4N[C@H](C)c2ccccc2)cn1. The lowest BCUT2D eigenvalue weighted by molar-refractivity contribution is 0.410. The second-order valence-electron chi connectivity index (χ2n) is 8.06. The summed E-state index contributed by atoms with van der Waals surface area (Å²) in [6.07, 6.45) is 7.18. The van der Waals surface area contributed by atoms with Crippen LogP contribution in [0.5, 0.6) is 0 Å². The minimum atomic E-state index is 0.317. The van der Waals surface area contributed by atoms with Gasteiger partial charge in [-0.15, -0.1) is 0 Å². The van der Waals surface area contributed by atoms with Crippen molar-refractivity contribution in [2.24, 2.45) is 0 Å². The highest BCUT2D eigenvalue weighted by Gasteiger charge is 2.25. The summed E-state index contributed by atoms with van der Waals surface area (Å²) in [5, 5.41) is 5.17. The van der Waals surface area contributed by atoms with Crippen LogP contribution in [0, 0.1) is 6.92 Å². The molecule has 0 radical (unpaired) electrons. The number of nitrogens with zero attached hydrogens (tertiary/aromatic N) is 2. The van der Waals surface area contributed by atoms with E-state index in [0.717, 1.165) is 29.8 Å². The van der Waals surface area contributed by atoms with Gasteiger partial charge in [0.1, 0.15) is 0 Å². The molecule has 2 heterocycles. The molecule has 2 aromatic carbocycles. The molecule has 0 bridgehead atoms. The number of H-pyrrole nitrogens is 1. The van der Waals surface area contributed by atoms with Crippen molar-refractivity contribution in [3.05, 3.63) is 83.4 Å². The van der Waals surface area contributed by atoms with Crippen LogP contribution >= 0.6 is 0 Å². The van der Waals surface area contributed by atoms with Gasteiger partial charge >= 0.3 is 0 Å². The van der Waals surface area contributed by atoms with E-state index in [9.17, 15) is 0 Å². The molecule has 1 aliphatic rings. The van der Waals surface area contributed by atoms with E-state index in [1.165, 1.54) is 34.1 Å². The molecule has 4 aromatic rings. The standard InChI is InChI=1S/C25H26N4/c1-16-14-27-24(15-26-16)19-11-12-22-21(13-19)20-9-6-10-23(25(20)29-22)28-17(2)18-7-4-3-5-8-18/h3-5,7-8,11-15,17,23,28-29H,6,9-10H2,1-2H3/t17-,23-/m1/s1. The third kappa shape index (κ3) is 3.45. The van der Waals surface area contributed by atoms with E-state index >= 15 is 0 Å². The Kier molecular flexibility index (Phi) is 4.64. The third-order valence-electron chi connectivity index (χ3n) is 6.03. The Balaban J connectivity index is 1.49. The van der Waals surface area contributed by atoms with Crippen LogP contribution in [0.1, 0.15) is 54.4 Å². The molecule has 29 heavy (non-hydrogen) atoms. The van der Waals surface area contributed by atoms with Crippen LogP contribution in [0.2, 0.25) is 0 Å². The molecule has 2 atom stereocenters. The van der Waals surface area contributed by atoms with Gasteiger partial charge in [0.05, 0.1) is 17.6 Å².